The Kier molecular flexibility index (Phi) is 4.20. The minimum absolute atomic E-state index is 0. The van der Waals surface area contributed by atoms with E-state index >= 15 is 0 Å². The molecule has 0 aromatic heterocycles. The van der Waals surface area contributed by atoms with Crippen molar-refractivity contribution in [3.8, 4) is 0 Å². The molecule has 0 bridgehead atoms. The largest absolute Gasteiger partial charge is 0.326 e. The summed E-state index contributed by atoms with van der Waals surface area (Å²) in [5, 5.41) is -0.140. The number of hydrogen-bond acceptors (Lipinski definition) is 3. The SMILES string of the molecule is Cl.N[C@@H]1CN(S(=O)(=O)C2CC2)C[C@H]1c1ccccc1. The lowest BCUT2D eigenvalue weighted by Crippen LogP contribution is -2.34. The third-order valence-corrected chi connectivity index (χ3v) is 6.20. The molecule has 1 aliphatic carbocycles. The normalized spacial score (nSPS) is 28.1. The van der Waals surface area contributed by atoms with Gasteiger partial charge in [0.25, 0.3) is 0 Å². The molecule has 2 aliphatic rings. The zero-order chi connectivity index (χ0) is 12.8. The van der Waals surface area contributed by atoms with Crippen LogP contribution < -0.4 is 5.73 Å². The molecule has 19 heavy (non-hydrogen) atoms. The summed E-state index contributed by atoms with van der Waals surface area (Å²) in [6, 6.07) is 9.86. The summed E-state index contributed by atoms with van der Waals surface area (Å²) in [7, 11) is -3.09. The Bertz CT molecular complexity index is 531. The van der Waals surface area contributed by atoms with Crippen molar-refractivity contribution < 1.29 is 8.42 Å². The van der Waals surface area contributed by atoms with Crippen LogP contribution in [0.4, 0.5) is 0 Å². The number of benzene rings is 1. The smallest absolute Gasteiger partial charge is 0.217 e. The third kappa shape index (κ3) is 2.79. The molecule has 2 atom stereocenters. The average Bonchev–Trinajstić information content (AvgIpc) is 3.14. The topological polar surface area (TPSA) is 63.4 Å². The van der Waals surface area contributed by atoms with E-state index in [0.29, 0.717) is 13.1 Å². The lowest BCUT2D eigenvalue weighted by molar-refractivity contribution is 0.469. The van der Waals surface area contributed by atoms with Crippen LogP contribution in [-0.4, -0.2) is 37.1 Å². The summed E-state index contributed by atoms with van der Waals surface area (Å²) in [5.74, 6) is 0.125. The van der Waals surface area contributed by atoms with Crippen molar-refractivity contribution in [3.05, 3.63) is 35.9 Å². The Balaban J connectivity index is 0.00000133. The van der Waals surface area contributed by atoms with Gasteiger partial charge in [-0.25, -0.2) is 8.42 Å². The minimum Gasteiger partial charge on any atom is -0.326 e. The van der Waals surface area contributed by atoms with Gasteiger partial charge < -0.3 is 5.73 Å². The molecule has 0 amide bonds. The highest BCUT2D eigenvalue weighted by atomic mass is 35.5. The zero-order valence-electron chi connectivity index (χ0n) is 10.6. The molecule has 2 N–H and O–H groups in total. The van der Waals surface area contributed by atoms with Crippen LogP contribution in [0.1, 0.15) is 24.3 Å². The number of rotatable bonds is 3. The maximum Gasteiger partial charge on any atom is 0.217 e. The zero-order valence-corrected chi connectivity index (χ0v) is 12.2. The molecule has 1 heterocycles. The van der Waals surface area contributed by atoms with Crippen molar-refractivity contribution in [2.45, 2.75) is 30.1 Å². The number of hydrogen-bond donors (Lipinski definition) is 1. The van der Waals surface area contributed by atoms with Gasteiger partial charge in [-0.15, -0.1) is 12.4 Å². The predicted molar refractivity (Wildman–Crippen MR) is 77.9 cm³/mol. The Labute approximate surface area is 120 Å². The van der Waals surface area contributed by atoms with E-state index in [2.05, 4.69) is 0 Å². The van der Waals surface area contributed by atoms with Gasteiger partial charge in [0.05, 0.1) is 5.25 Å². The molecule has 4 nitrogen and oxygen atoms in total. The molecule has 1 aromatic carbocycles. The van der Waals surface area contributed by atoms with Crippen LogP contribution in [0.25, 0.3) is 0 Å². The van der Waals surface area contributed by atoms with E-state index in [0.717, 1.165) is 18.4 Å². The molecule has 6 heteroatoms. The summed E-state index contributed by atoms with van der Waals surface area (Å²) in [6.45, 7) is 0.988. The van der Waals surface area contributed by atoms with E-state index in [9.17, 15) is 8.42 Å². The molecule has 3 rings (SSSR count). The fourth-order valence-electron chi connectivity index (χ4n) is 2.63. The monoisotopic (exact) mass is 302 g/mol. The summed E-state index contributed by atoms with van der Waals surface area (Å²) in [6.07, 6.45) is 1.62. The van der Waals surface area contributed by atoms with Crippen molar-refractivity contribution in [1.82, 2.24) is 4.31 Å². The Morgan fingerprint density at radius 2 is 1.74 bits per heavy atom. The van der Waals surface area contributed by atoms with Crippen molar-refractivity contribution >= 4 is 22.4 Å². The predicted octanol–water partition coefficient (Wildman–Crippen LogP) is 1.33. The van der Waals surface area contributed by atoms with E-state index in [4.69, 9.17) is 5.73 Å². The first-order valence-corrected chi connectivity index (χ1v) is 7.89. The number of nitrogens with two attached hydrogens (primary N) is 1. The summed E-state index contributed by atoms with van der Waals surface area (Å²) >= 11 is 0. The van der Waals surface area contributed by atoms with Crippen LogP contribution in [0.3, 0.4) is 0 Å². The first-order valence-electron chi connectivity index (χ1n) is 6.38. The van der Waals surface area contributed by atoms with Crippen LogP contribution >= 0.6 is 12.4 Å². The van der Waals surface area contributed by atoms with Gasteiger partial charge in [-0.05, 0) is 18.4 Å². The first kappa shape index (κ1) is 14.8. The minimum atomic E-state index is -3.09. The van der Waals surface area contributed by atoms with E-state index in [1.807, 2.05) is 30.3 Å². The second-order valence-corrected chi connectivity index (χ2v) is 7.46. The molecular weight excluding hydrogens is 284 g/mol. The Hall–Kier alpha value is -0.620. The lowest BCUT2D eigenvalue weighted by Gasteiger charge is -2.16. The van der Waals surface area contributed by atoms with Crippen LogP contribution in [0.5, 0.6) is 0 Å². The van der Waals surface area contributed by atoms with Crippen molar-refractivity contribution in [3.63, 3.8) is 0 Å². The van der Waals surface area contributed by atoms with Gasteiger partial charge in [0.1, 0.15) is 0 Å². The maximum atomic E-state index is 12.2. The van der Waals surface area contributed by atoms with Crippen LogP contribution in [0, 0.1) is 0 Å². The maximum absolute atomic E-state index is 12.2. The molecule has 0 radical (unpaired) electrons. The third-order valence-electron chi connectivity index (χ3n) is 3.86. The first-order chi connectivity index (χ1) is 8.59. The van der Waals surface area contributed by atoms with Gasteiger partial charge in [0, 0.05) is 25.0 Å². The van der Waals surface area contributed by atoms with Crippen LogP contribution in [-0.2, 0) is 10.0 Å². The molecular formula is C13H19ClN2O2S. The standard InChI is InChI=1S/C13H18N2O2S.ClH/c14-13-9-15(18(16,17)11-6-7-11)8-12(13)10-4-2-1-3-5-10;/h1-5,11-13H,6-9,14H2;1H/t12-,13+;/m0./s1. The highest BCUT2D eigenvalue weighted by molar-refractivity contribution is 7.90. The number of halogens is 1. The Morgan fingerprint density at radius 1 is 1.11 bits per heavy atom. The number of nitrogens with zero attached hydrogens (tertiary/aromatic N) is 1. The van der Waals surface area contributed by atoms with Gasteiger partial charge in [-0.3, -0.25) is 0 Å². The summed E-state index contributed by atoms with van der Waals surface area (Å²) in [5.41, 5.74) is 7.25. The fraction of sp³-hybridized carbons (Fsp3) is 0.538. The molecule has 2 fully saturated rings. The fourth-order valence-corrected chi connectivity index (χ4v) is 4.53. The van der Waals surface area contributed by atoms with Crippen molar-refractivity contribution in [1.29, 1.82) is 0 Å². The van der Waals surface area contributed by atoms with Crippen molar-refractivity contribution in [2.24, 2.45) is 5.73 Å². The number of sulfonamides is 1. The quantitative estimate of drug-likeness (QED) is 0.916. The van der Waals surface area contributed by atoms with Gasteiger partial charge in [-0.2, -0.15) is 4.31 Å². The van der Waals surface area contributed by atoms with Gasteiger partial charge in [0.2, 0.25) is 10.0 Å². The molecule has 1 aromatic rings. The lowest BCUT2D eigenvalue weighted by atomic mass is 9.95. The van der Waals surface area contributed by atoms with Gasteiger partial charge >= 0.3 is 0 Å². The second-order valence-electron chi connectivity index (χ2n) is 5.24. The van der Waals surface area contributed by atoms with E-state index < -0.39 is 10.0 Å². The van der Waals surface area contributed by atoms with E-state index in [-0.39, 0.29) is 29.6 Å². The highest BCUT2D eigenvalue weighted by Gasteiger charge is 2.45. The van der Waals surface area contributed by atoms with Gasteiger partial charge in [-0.1, -0.05) is 30.3 Å². The van der Waals surface area contributed by atoms with Crippen molar-refractivity contribution in [2.75, 3.05) is 13.1 Å². The summed E-state index contributed by atoms with van der Waals surface area (Å²) < 4.78 is 26.0. The molecule has 0 unspecified atom stereocenters. The van der Waals surface area contributed by atoms with Crippen LogP contribution in [0.15, 0.2) is 30.3 Å². The second kappa shape index (κ2) is 5.40. The van der Waals surface area contributed by atoms with Gasteiger partial charge in [0.15, 0.2) is 0 Å². The highest BCUT2D eigenvalue weighted by Crippen LogP contribution is 2.35. The molecule has 0 spiro atoms. The Morgan fingerprint density at radius 3 is 2.32 bits per heavy atom. The van der Waals surface area contributed by atoms with E-state index in [1.165, 1.54) is 0 Å². The molecule has 1 saturated heterocycles. The van der Waals surface area contributed by atoms with Crippen LogP contribution in [0.2, 0.25) is 0 Å². The van der Waals surface area contributed by atoms with E-state index in [1.54, 1.807) is 4.31 Å². The molecule has 1 aliphatic heterocycles. The average molecular weight is 303 g/mol. The molecule has 1 saturated carbocycles. The molecule has 106 valence electrons. The summed E-state index contributed by atoms with van der Waals surface area (Å²) in [4.78, 5) is 0.